The van der Waals surface area contributed by atoms with Crippen molar-refractivity contribution in [1.29, 1.82) is 0 Å². The fourth-order valence-electron chi connectivity index (χ4n) is 4.71. The van der Waals surface area contributed by atoms with Crippen molar-refractivity contribution in [3.8, 4) is 22.6 Å². The summed E-state index contributed by atoms with van der Waals surface area (Å²) in [5, 5.41) is 11.7. The summed E-state index contributed by atoms with van der Waals surface area (Å²) in [6.45, 7) is 5.79. The molecule has 1 saturated heterocycles. The van der Waals surface area contributed by atoms with Crippen LogP contribution in [0.3, 0.4) is 0 Å². The Labute approximate surface area is 208 Å². The molecular weight excluding hydrogens is 452 g/mol. The van der Waals surface area contributed by atoms with E-state index in [2.05, 4.69) is 36.4 Å². The van der Waals surface area contributed by atoms with Crippen molar-refractivity contribution in [1.82, 2.24) is 30.1 Å². The van der Waals surface area contributed by atoms with Gasteiger partial charge >= 0.3 is 0 Å². The number of piperidine rings is 1. The van der Waals surface area contributed by atoms with Gasteiger partial charge in [-0.1, -0.05) is 13.8 Å². The van der Waals surface area contributed by atoms with Crippen molar-refractivity contribution in [3.63, 3.8) is 0 Å². The number of aromatic amines is 2. The topological polar surface area (TPSA) is 115 Å². The molecule has 0 unspecified atom stereocenters. The molecule has 0 saturated carbocycles. The van der Waals surface area contributed by atoms with Crippen LogP contribution in [0.15, 0.2) is 48.9 Å². The van der Waals surface area contributed by atoms with Gasteiger partial charge in [-0.05, 0) is 49.6 Å². The number of H-pyrrole nitrogens is 2. The van der Waals surface area contributed by atoms with E-state index in [0.29, 0.717) is 5.69 Å². The number of rotatable bonds is 5. The van der Waals surface area contributed by atoms with E-state index in [-0.39, 0.29) is 11.8 Å². The first-order valence-electron chi connectivity index (χ1n) is 12.4. The summed E-state index contributed by atoms with van der Waals surface area (Å²) in [4.78, 5) is 32.0. The second-order valence-corrected chi connectivity index (χ2v) is 9.60. The standard InChI is InChI=1S/C27H28N8O/c1-16(2)27(36)30-18-12-17(14-28-15-18)20-6-7-22-24(32-20)25(34-33-22)23-13-19-21(31-23)8-9-29-26(19)35-10-4-3-5-11-35/h6-9,12-16,31H,3-5,10-11H2,1-2H3,(H,30,36)(H,33,34). The van der Waals surface area contributed by atoms with Crippen LogP contribution in [-0.2, 0) is 4.79 Å². The molecule has 6 rings (SSSR count). The van der Waals surface area contributed by atoms with Gasteiger partial charge < -0.3 is 15.2 Å². The lowest BCUT2D eigenvalue weighted by atomic mass is 10.1. The molecule has 1 aliphatic heterocycles. The highest BCUT2D eigenvalue weighted by molar-refractivity contribution is 5.98. The maximum Gasteiger partial charge on any atom is 0.226 e. The minimum absolute atomic E-state index is 0.0493. The van der Waals surface area contributed by atoms with E-state index >= 15 is 0 Å². The predicted molar refractivity (Wildman–Crippen MR) is 142 cm³/mol. The van der Waals surface area contributed by atoms with E-state index in [9.17, 15) is 4.79 Å². The molecule has 9 nitrogen and oxygen atoms in total. The van der Waals surface area contributed by atoms with Gasteiger partial charge in [0.05, 0.1) is 34.3 Å². The Morgan fingerprint density at radius 1 is 1.06 bits per heavy atom. The van der Waals surface area contributed by atoms with E-state index in [0.717, 1.165) is 63.5 Å². The Morgan fingerprint density at radius 2 is 1.92 bits per heavy atom. The van der Waals surface area contributed by atoms with Crippen molar-refractivity contribution >= 4 is 39.3 Å². The number of pyridine rings is 3. The maximum atomic E-state index is 12.1. The van der Waals surface area contributed by atoms with Crippen molar-refractivity contribution in [3.05, 3.63) is 48.9 Å². The second-order valence-electron chi connectivity index (χ2n) is 9.60. The van der Waals surface area contributed by atoms with Crippen molar-refractivity contribution < 1.29 is 4.79 Å². The molecule has 6 heterocycles. The van der Waals surface area contributed by atoms with E-state index in [4.69, 9.17) is 9.97 Å². The molecular formula is C27H28N8O. The molecule has 36 heavy (non-hydrogen) atoms. The van der Waals surface area contributed by atoms with Gasteiger partial charge in [0.25, 0.3) is 0 Å². The van der Waals surface area contributed by atoms with Crippen LogP contribution in [-0.4, -0.2) is 49.1 Å². The van der Waals surface area contributed by atoms with Crippen LogP contribution >= 0.6 is 0 Å². The van der Waals surface area contributed by atoms with Gasteiger partial charge in [-0.15, -0.1) is 0 Å². The van der Waals surface area contributed by atoms with Gasteiger partial charge in [-0.3, -0.25) is 14.9 Å². The first-order valence-corrected chi connectivity index (χ1v) is 12.4. The molecule has 0 aliphatic carbocycles. The molecule has 3 N–H and O–H groups in total. The van der Waals surface area contributed by atoms with Gasteiger partial charge in [-0.2, -0.15) is 5.10 Å². The lowest BCUT2D eigenvalue weighted by Gasteiger charge is -2.28. The fraction of sp³-hybridized carbons (Fsp3) is 0.296. The highest BCUT2D eigenvalue weighted by Gasteiger charge is 2.19. The lowest BCUT2D eigenvalue weighted by molar-refractivity contribution is -0.118. The van der Waals surface area contributed by atoms with Crippen LogP contribution < -0.4 is 10.2 Å². The van der Waals surface area contributed by atoms with E-state index in [1.807, 2.05) is 44.3 Å². The molecule has 182 valence electrons. The van der Waals surface area contributed by atoms with Crippen molar-refractivity contribution in [2.45, 2.75) is 33.1 Å². The Kier molecular flexibility index (Phi) is 5.59. The third-order valence-electron chi connectivity index (χ3n) is 6.67. The first kappa shape index (κ1) is 22.2. The van der Waals surface area contributed by atoms with Crippen LogP contribution in [0.1, 0.15) is 33.1 Å². The molecule has 1 fully saturated rings. The SMILES string of the molecule is CC(C)C(=O)Nc1cncc(-c2ccc3[nH]nc(-c4cc5c(N6CCCCC6)nccc5[nH]4)c3n2)c1. The Morgan fingerprint density at radius 3 is 2.75 bits per heavy atom. The van der Waals surface area contributed by atoms with E-state index < -0.39 is 0 Å². The highest BCUT2D eigenvalue weighted by Crippen LogP contribution is 2.33. The Balaban J connectivity index is 1.38. The molecule has 0 aromatic carbocycles. The number of aromatic nitrogens is 6. The number of hydrogen-bond donors (Lipinski definition) is 3. The molecule has 5 aromatic heterocycles. The summed E-state index contributed by atoms with van der Waals surface area (Å²) in [6.07, 6.45) is 8.93. The number of carbonyl (C=O) groups is 1. The lowest BCUT2D eigenvalue weighted by Crippen LogP contribution is -2.30. The zero-order valence-electron chi connectivity index (χ0n) is 20.4. The molecule has 1 aliphatic rings. The Hall–Kier alpha value is -4.27. The smallest absolute Gasteiger partial charge is 0.226 e. The summed E-state index contributed by atoms with van der Waals surface area (Å²) in [6, 6.07) is 9.92. The normalized spacial score (nSPS) is 14.1. The third kappa shape index (κ3) is 4.06. The monoisotopic (exact) mass is 480 g/mol. The number of anilines is 2. The van der Waals surface area contributed by atoms with Gasteiger partial charge in [0.15, 0.2) is 0 Å². The number of fused-ring (bicyclic) bond motifs is 2. The summed E-state index contributed by atoms with van der Waals surface area (Å²) in [5.74, 6) is 0.861. The molecule has 0 bridgehead atoms. The van der Waals surface area contributed by atoms with E-state index in [1.165, 1.54) is 19.3 Å². The van der Waals surface area contributed by atoms with Crippen LogP contribution in [0, 0.1) is 5.92 Å². The van der Waals surface area contributed by atoms with Crippen LogP contribution in [0.4, 0.5) is 11.5 Å². The average molecular weight is 481 g/mol. The predicted octanol–water partition coefficient (Wildman–Crippen LogP) is 5.15. The molecule has 9 heteroatoms. The van der Waals surface area contributed by atoms with Gasteiger partial charge in [-0.25, -0.2) is 9.97 Å². The minimum atomic E-state index is -0.112. The molecule has 1 amide bonds. The summed E-state index contributed by atoms with van der Waals surface area (Å²) in [5.41, 5.74) is 6.51. The second kappa shape index (κ2) is 9.07. The molecule has 0 atom stereocenters. The summed E-state index contributed by atoms with van der Waals surface area (Å²) in [7, 11) is 0. The van der Waals surface area contributed by atoms with Crippen LogP contribution in [0.5, 0.6) is 0 Å². The van der Waals surface area contributed by atoms with Crippen molar-refractivity contribution in [2.24, 2.45) is 5.92 Å². The Bertz CT molecular complexity index is 1560. The maximum absolute atomic E-state index is 12.1. The largest absolute Gasteiger partial charge is 0.356 e. The summed E-state index contributed by atoms with van der Waals surface area (Å²) < 4.78 is 0. The van der Waals surface area contributed by atoms with Gasteiger partial charge in [0.1, 0.15) is 17.0 Å². The number of nitrogens with one attached hydrogen (secondary N) is 3. The zero-order chi connectivity index (χ0) is 24.6. The van der Waals surface area contributed by atoms with Crippen molar-refractivity contribution in [2.75, 3.05) is 23.3 Å². The first-order chi connectivity index (χ1) is 17.6. The highest BCUT2D eigenvalue weighted by atomic mass is 16.1. The number of nitrogens with zero attached hydrogens (tertiary/aromatic N) is 5. The van der Waals surface area contributed by atoms with Gasteiger partial charge in [0, 0.05) is 42.4 Å². The zero-order valence-corrected chi connectivity index (χ0v) is 20.4. The third-order valence-corrected chi connectivity index (χ3v) is 6.67. The van der Waals surface area contributed by atoms with Gasteiger partial charge in [0.2, 0.25) is 5.91 Å². The molecule has 5 aromatic rings. The number of amides is 1. The van der Waals surface area contributed by atoms with Crippen LogP contribution in [0.25, 0.3) is 44.6 Å². The summed E-state index contributed by atoms with van der Waals surface area (Å²) >= 11 is 0. The molecule has 0 spiro atoms. The molecule has 0 radical (unpaired) electrons. The average Bonchev–Trinajstić information content (AvgIpc) is 3.53. The van der Waals surface area contributed by atoms with Crippen LogP contribution in [0.2, 0.25) is 0 Å². The quantitative estimate of drug-likeness (QED) is 0.320. The van der Waals surface area contributed by atoms with E-state index in [1.54, 1.807) is 12.4 Å². The number of carbonyl (C=O) groups excluding carboxylic acids is 1. The minimum Gasteiger partial charge on any atom is -0.356 e. The number of hydrogen-bond acceptors (Lipinski definition) is 6. The fourth-order valence-corrected chi connectivity index (χ4v) is 4.71.